The third-order valence-electron chi connectivity index (χ3n) is 2.88. The van der Waals surface area contributed by atoms with Crippen LogP contribution in [0.25, 0.3) is 0 Å². The van der Waals surface area contributed by atoms with Crippen LogP contribution >= 0.6 is 23.2 Å². The second-order valence-electron chi connectivity index (χ2n) is 4.33. The number of nitrogens with zero attached hydrogens (tertiary/aromatic N) is 1. The molecular formula is C12H15Cl2N3O. The van der Waals surface area contributed by atoms with Crippen LogP contribution in [-0.2, 0) is 0 Å². The van der Waals surface area contributed by atoms with Gasteiger partial charge in [-0.3, -0.25) is 0 Å². The Labute approximate surface area is 116 Å². The van der Waals surface area contributed by atoms with Crippen molar-refractivity contribution in [3.63, 3.8) is 0 Å². The van der Waals surface area contributed by atoms with Gasteiger partial charge >= 0.3 is 6.03 Å². The fourth-order valence-electron chi connectivity index (χ4n) is 1.96. The predicted octanol–water partition coefficient (Wildman–Crippen LogP) is 2.82. The monoisotopic (exact) mass is 287 g/mol. The highest BCUT2D eigenvalue weighted by atomic mass is 35.5. The van der Waals surface area contributed by atoms with Gasteiger partial charge in [-0.05, 0) is 25.1 Å². The van der Waals surface area contributed by atoms with Gasteiger partial charge in [0.25, 0.3) is 0 Å². The van der Waals surface area contributed by atoms with Gasteiger partial charge in [0.1, 0.15) is 0 Å². The highest BCUT2D eigenvalue weighted by Crippen LogP contribution is 2.22. The van der Waals surface area contributed by atoms with E-state index >= 15 is 0 Å². The molecular weight excluding hydrogens is 273 g/mol. The number of carbonyl (C=O) groups excluding carboxylic acids is 1. The number of amides is 2. The van der Waals surface area contributed by atoms with E-state index in [2.05, 4.69) is 10.6 Å². The van der Waals surface area contributed by atoms with E-state index in [0.29, 0.717) is 22.3 Å². The molecule has 1 atom stereocenters. The first-order valence-corrected chi connectivity index (χ1v) is 6.56. The van der Waals surface area contributed by atoms with Crippen LogP contribution in [0.15, 0.2) is 18.2 Å². The lowest BCUT2D eigenvalue weighted by molar-refractivity contribution is 0.177. The molecule has 1 unspecified atom stereocenters. The Hall–Kier alpha value is -0.970. The van der Waals surface area contributed by atoms with Crippen molar-refractivity contribution in [2.75, 3.05) is 25.0 Å². The number of hydrogen-bond acceptors (Lipinski definition) is 2. The van der Waals surface area contributed by atoms with E-state index in [9.17, 15) is 4.79 Å². The lowest BCUT2D eigenvalue weighted by atomic mass is 10.2. The zero-order valence-corrected chi connectivity index (χ0v) is 11.6. The van der Waals surface area contributed by atoms with Crippen molar-refractivity contribution in [3.05, 3.63) is 28.2 Å². The Morgan fingerprint density at radius 2 is 2.06 bits per heavy atom. The summed E-state index contributed by atoms with van der Waals surface area (Å²) in [5.41, 5.74) is 0.614. The van der Waals surface area contributed by atoms with E-state index in [-0.39, 0.29) is 12.1 Å². The third kappa shape index (κ3) is 3.28. The van der Waals surface area contributed by atoms with Gasteiger partial charge in [0.15, 0.2) is 0 Å². The molecule has 1 aliphatic rings. The summed E-state index contributed by atoms with van der Waals surface area (Å²) in [6.07, 6.45) is 0. The van der Waals surface area contributed by atoms with Gasteiger partial charge in [-0.2, -0.15) is 0 Å². The molecule has 0 saturated carbocycles. The van der Waals surface area contributed by atoms with Crippen LogP contribution in [0.2, 0.25) is 10.0 Å². The molecule has 0 spiro atoms. The van der Waals surface area contributed by atoms with Crippen molar-refractivity contribution < 1.29 is 4.79 Å². The molecule has 2 rings (SSSR count). The van der Waals surface area contributed by atoms with Gasteiger partial charge < -0.3 is 15.5 Å². The minimum absolute atomic E-state index is 0.123. The molecule has 1 fully saturated rings. The molecule has 1 saturated heterocycles. The van der Waals surface area contributed by atoms with E-state index in [1.54, 1.807) is 23.1 Å². The number of benzene rings is 1. The molecule has 0 bridgehead atoms. The summed E-state index contributed by atoms with van der Waals surface area (Å²) >= 11 is 11.8. The van der Waals surface area contributed by atoms with E-state index in [1.165, 1.54) is 0 Å². The van der Waals surface area contributed by atoms with Crippen molar-refractivity contribution in [2.24, 2.45) is 0 Å². The Kier molecular flexibility index (Phi) is 4.32. The van der Waals surface area contributed by atoms with Crippen molar-refractivity contribution in [1.29, 1.82) is 0 Å². The Morgan fingerprint density at radius 3 is 2.67 bits per heavy atom. The van der Waals surface area contributed by atoms with E-state index in [0.717, 1.165) is 13.1 Å². The van der Waals surface area contributed by atoms with Crippen molar-refractivity contribution >= 4 is 34.9 Å². The summed E-state index contributed by atoms with van der Waals surface area (Å²) in [5, 5.41) is 7.06. The highest BCUT2D eigenvalue weighted by Gasteiger charge is 2.22. The zero-order valence-electron chi connectivity index (χ0n) is 10.0. The molecule has 0 aliphatic carbocycles. The highest BCUT2D eigenvalue weighted by molar-refractivity contribution is 6.35. The first-order chi connectivity index (χ1) is 8.56. The quantitative estimate of drug-likeness (QED) is 0.834. The first kappa shape index (κ1) is 13.5. The van der Waals surface area contributed by atoms with E-state index in [4.69, 9.17) is 23.2 Å². The van der Waals surface area contributed by atoms with Crippen LogP contribution < -0.4 is 10.6 Å². The predicted molar refractivity (Wildman–Crippen MR) is 74.5 cm³/mol. The summed E-state index contributed by atoms with van der Waals surface area (Å²) in [4.78, 5) is 13.9. The van der Waals surface area contributed by atoms with E-state index < -0.39 is 0 Å². The molecule has 0 aromatic heterocycles. The summed E-state index contributed by atoms with van der Waals surface area (Å²) in [6.45, 7) is 4.33. The molecule has 98 valence electrons. The minimum atomic E-state index is -0.123. The molecule has 1 aromatic rings. The molecule has 1 aliphatic heterocycles. The fourth-order valence-corrected chi connectivity index (χ4v) is 2.49. The summed E-state index contributed by atoms with van der Waals surface area (Å²) in [7, 11) is 0. The van der Waals surface area contributed by atoms with E-state index in [1.807, 2.05) is 6.92 Å². The van der Waals surface area contributed by atoms with Crippen molar-refractivity contribution in [2.45, 2.75) is 13.0 Å². The molecule has 1 aromatic carbocycles. The summed E-state index contributed by atoms with van der Waals surface area (Å²) in [5.74, 6) is 0. The minimum Gasteiger partial charge on any atom is -0.319 e. The van der Waals surface area contributed by atoms with Gasteiger partial charge in [0, 0.05) is 41.4 Å². The van der Waals surface area contributed by atoms with Gasteiger partial charge in [0.05, 0.1) is 0 Å². The summed E-state index contributed by atoms with van der Waals surface area (Å²) < 4.78 is 0. The van der Waals surface area contributed by atoms with Crippen LogP contribution in [0.3, 0.4) is 0 Å². The lowest BCUT2D eigenvalue weighted by Crippen LogP contribution is -2.53. The number of nitrogens with one attached hydrogen (secondary N) is 2. The van der Waals surface area contributed by atoms with Crippen LogP contribution in [-0.4, -0.2) is 36.6 Å². The Morgan fingerprint density at radius 1 is 1.39 bits per heavy atom. The fraction of sp³-hybridized carbons (Fsp3) is 0.417. The molecule has 18 heavy (non-hydrogen) atoms. The standard InChI is InChI=1S/C12H15Cl2N3O/c1-8-7-15-2-3-17(8)12(18)16-11-5-9(13)4-10(14)6-11/h4-6,8,15H,2-3,7H2,1H3,(H,16,18). The first-order valence-electron chi connectivity index (χ1n) is 5.80. The van der Waals surface area contributed by atoms with Crippen molar-refractivity contribution in [1.82, 2.24) is 10.2 Å². The smallest absolute Gasteiger partial charge is 0.319 e. The lowest BCUT2D eigenvalue weighted by Gasteiger charge is -2.33. The van der Waals surface area contributed by atoms with Gasteiger partial charge in [0.2, 0.25) is 0 Å². The summed E-state index contributed by atoms with van der Waals surface area (Å²) in [6, 6.07) is 5.04. The molecule has 2 amide bonds. The average Bonchev–Trinajstić information content (AvgIpc) is 2.27. The normalized spacial score (nSPS) is 19.7. The van der Waals surface area contributed by atoms with Crippen molar-refractivity contribution in [3.8, 4) is 0 Å². The zero-order chi connectivity index (χ0) is 13.1. The number of rotatable bonds is 1. The van der Waals surface area contributed by atoms with Crippen LogP contribution in [0.5, 0.6) is 0 Å². The van der Waals surface area contributed by atoms with Gasteiger partial charge in [-0.15, -0.1) is 0 Å². The molecule has 6 heteroatoms. The van der Waals surface area contributed by atoms with Crippen LogP contribution in [0, 0.1) is 0 Å². The number of hydrogen-bond donors (Lipinski definition) is 2. The number of halogens is 2. The molecule has 1 heterocycles. The number of anilines is 1. The topological polar surface area (TPSA) is 44.4 Å². The molecule has 0 radical (unpaired) electrons. The van der Waals surface area contributed by atoms with Gasteiger partial charge in [-0.1, -0.05) is 23.2 Å². The maximum absolute atomic E-state index is 12.1. The second-order valence-corrected chi connectivity index (χ2v) is 5.21. The Bertz CT molecular complexity index is 433. The SMILES string of the molecule is CC1CNCCN1C(=O)Nc1cc(Cl)cc(Cl)c1. The molecule has 2 N–H and O–H groups in total. The maximum atomic E-state index is 12.1. The van der Waals surface area contributed by atoms with Crippen LogP contribution in [0.4, 0.5) is 10.5 Å². The number of carbonyl (C=O) groups is 1. The molecule has 4 nitrogen and oxygen atoms in total. The van der Waals surface area contributed by atoms with Gasteiger partial charge in [-0.25, -0.2) is 4.79 Å². The van der Waals surface area contributed by atoms with Crippen LogP contribution in [0.1, 0.15) is 6.92 Å². The maximum Gasteiger partial charge on any atom is 0.322 e. The second kappa shape index (κ2) is 5.78. The third-order valence-corrected chi connectivity index (χ3v) is 3.31. The average molecular weight is 288 g/mol. The number of piperazine rings is 1. The largest absolute Gasteiger partial charge is 0.322 e. The Balaban J connectivity index is 2.06. The number of urea groups is 1.